The Kier molecular flexibility index (Phi) is 6.76. The normalized spacial score (nSPS) is 15.5. The van der Waals surface area contributed by atoms with Gasteiger partial charge in [-0.25, -0.2) is 0 Å². The van der Waals surface area contributed by atoms with Crippen LogP contribution in [0.1, 0.15) is 12.5 Å². The van der Waals surface area contributed by atoms with Crippen LogP contribution in [0.3, 0.4) is 0 Å². The number of esters is 1. The Morgan fingerprint density at radius 2 is 2.00 bits per heavy atom. The van der Waals surface area contributed by atoms with Crippen LogP contribution in [0.4, 0.5) is 0 Å². The first-order valence-corrected chi connectivity index (χ1v) is 9.03. The zero-order valence-corrected chi connectivity index (χ0v) is 13.5. The summed E-state index contributed by atoms with van der Waals surface area (Å²) >= 11 is 3.15. The summed E-state index contributed by atoms with van der Waals surface area (Å²) in [6, 6.07) is 9.44. The summed E-state index contributed by atoms with van der Waals surface area (Å²) in [6.45, 7) is 1.93. The van der Waals surface area contributed by atoms with Gasteiger partial charge in [-0.05, 0) is 5.56 Å². The Balaban J connectivity index is 2.47. The molecule has 0 fully saturated rings. The lowest BCUT2D eigenvalue weighted by Crippen LogP contribution is -2.19. The molecule has 6 heteroatoms. The summed E-state index contributed by atoms with van der Waals surface area (Å²) in [5, 5.41) is 0.243. The molecule has 0 N–H and O–H groups in total. The first kappa shape index (κ1) is 16.4. The van der Waals surface area contributed by atoms with Gasteiger partial charge in [-0.1, -0.05) is 53.2 Å². The standard InChI is InChI=1S/C13H18BrO4P/c1-11(9-19(16,10-14)17-2)13(15)18-8-12-6-4-3-5-7-12/h3-7,11H,8-10H2,1-2H3. The predicted octanol–water partition coefficient (Wildman–Crippen LogP) is 3.64. The van der Waals surface area contributed by atoms with E-state index < -0.39 is 13.3 Å². The number of hydrogen-bond donors (Lipinski definition) is 0. The number of carbonyl (C=O) groups excluding carboxylic acids is 1. The molecule has 1 aromatic carbocycles. The quantitative estimate of drug-likeness (QED) is 0.428. The highest BCUT2D eigenvalue weighted by atomic mass is 79.9. The SMILES string of the molecule is COP(=O)(CBr)CC(C)C(=O)OCc1ccccc1. The van der Waals surface area contributed by atoms with Crippen LogP contribution in [0.25, 0.3) is 0 Å². The van der Waals surface area contributed by atoms with Crippen LogP contribution in [-0.4, -0.2) is 24.3 Å². The molecular formula is C13H18BrO4P. The summed E-state index contributed by atoms with van der Waals surface area (Å²) in [4.78, 5) is 11.8. The van der Waals surface area contributed by atoms with E-state index in [4.69, 9.17) is 9.26 Å². The van der Waals surface area contributed by atoms with E-state index in [1.807, 2.05) is 30.3 Å². The Morgan fingerprint density at radius 1 is 1.37 bits per heavy atom. The lowest BCUT2D eigenvalue weighted by atomic mass is 10.2. The molecular weight excluding hydrogens is 331 g/mol. The van der Waals surface area contributed by atoms with Crippen molar-refractivity contribution in [3.63, 3.8) is 0 Å². The maximum absolute atomic E-state index is 12.1. The Hall–Kier alpha value is -0.640. The van der Waals surface area contributed by atoms with E-state index in [1.54, 1.807) is 6.92 Å². The highest BCUT2D eigenvalue weighted by Gasteiger charge is 2.27. The van der Waals surface area contributed by atoms with E-state index in [9.17, 15) is 9.36 Å². The first-order valence-electron chi connectivity index (χ1n) is 5.91. The van der Waals surface area contributed by atoms with Crippen LogP contribution >= 0.6 is 23.3 Å². The van der Waals surface area contributed by atoms with Gasteiger partial charge in [-0.15, -0.1) is 0 Å². The molecule has 0 bridgehead atoms. The fraction of sp³-hybridized carbons (Fsp3) is 0.462. The summed E-state index contributed by atoms with van der Waals surface area (Å²) in [6.07, 6.45) is 0.183. The van der Waals surface area contributed by atoms with Crippen molar-refractivity contribution >= 4 is 29.3 Å². The zero-order valence-electron chi connectivity index (χ0n) is 11.0. The van der Waals surface area contributed by atoms with E-state index in [0.717, 1.165) is 5.56 Å². The van der Waals surface area contributed by atoms with Crippen LogP contribution in [0.15, 0.2) is 30.3 Å². The topological polar surface area (TPSA) is 52.6 Å². The Bertz CT molecular complexity index is 441. The van der Waals surface area contributed by atoms with Crippen LogP contribution in [-0.2, 0) is 25.2 Å². The zero-order chi connectivity index (χ0) is 14.3. The smallest absolute Gasteiger partial charge is 0.309 e. The molecule has 0 saturated carbocycles. The average Bonchev–Trinajstić information content (AvgIpc) is 2.45. The molecule has 1 aromatic rings. The molecule has 2 atom stereocenters. The van der Waals surface area contributed by atoms with Crippen LogP contribution < -0.4 is 0 Å². The molecule has 0 aromatic heterocycles. The van der Waals surface area contributed by atoms with Crippen molar-refractivity contribution in [1.82, 2.24) is 0 Å². The number of alkyl halides is 1. The molecule has 0 heterocycles. The second kappa shape index (κ2) is 7.83. The average molecular weight is 349 g/mol. The van der Waals surface area contributed by atoms with Gasteiger partial charge < -0.3 is 9.26 Å². The van der Waals surface area contributed by atoms with E-state index in [0.29, 0.717) is 0 Å². The van der Waals surface area contributed by atoms with Crippen molar-refractivity contribution in [3.8, 4) is 0 Å². The third-order valence-electron chi connectivity index (χ3n) is 2.69. The summed E-state index contributed by atoms with van der Waals surface area (Å²) < 4.78 is 22.2. The minimum atomic E-state index is -2.77. The molecule has 2 unspecified atom stereocenters. The van der Waals surface area contributed by atoms with E-state index in [1.165, 1.54) is 7.11 Å². The molecule has 0 amide bonds. The van der Waals surface area contributed by atoms with Gasteiger partial charge >= 0.3 is 5.97 Å². The maximum Gasteiger partial charge on any atom is 0.309 e. The predicted molar refractivity (Wildman–Crippen MR) is 78.7 cm³/mol. The van der Waals surface area contributed by atoms with E-state index in [-0.39, 0.29) is 23.8 Å². The lowest BCUT2D eigenvalue weighted by Gasteiger charge is -2.17. The van der Waals surface area contributed by atoms with Gasteiger partial charge in [0.2, 0.25) is 7.37 Å². The van der Waals surface area contributed by atoms with E-state index >= 15 is 0 Å². The van der Waals surface area contributed by atoms with Gasteiger partial charge in [0.05, 0.1) is 11.0 Å². The van der Waals surface area contributed by atoms with Gasteiger partial charge in [0, 0.05) is 13.3 Å². The molecule has 4 nitrogen and oxygen atoms in total. The number of rotatable bonds is 7. The number of hydrogen-bond acceptors (Lipinski definition) is 4. The summed E-state index contributed by atoms with van der Waals surface area (Å²) in [5.41, 5.74) is 0.929. The lowest BCUT2D eigenvalue weighted by molar-refractivity contribution is -0.148. The van der Waals surface area contributed by atoms with Crippen molar-refractivity contribution in [1.29, 1.82) is 0 Å². The van der Waals surface area contributed by atoms with E-state index in [2.05, 4.69) is 15.9 Å². The molecule has 0 radical (unpaired) electrons. The number of benzene rings is 1. The molecule has 0 spiro atoms. The van der Waals surface area contributed by atoms with Crippen LogP contribution in [0.2, 0.25) is 0 Å². The Morgan fingerprint density at radius 3 is 2.53 bits per heavy atom. The highest BCUT2D eigenvalue weighted by Crippen LogP contribution is 2.49. The number of ether oxygens (including phenoxy) is 1. The largest absolute Gasteiger partial charge is 0.461 e. The van der Waals surface area contributed by atoms with Gasteiger partial charge in [-0.2, -0.15) is 0 Å². The van der Waals surface area contributed by atoms with Crippen molar-refractivity contribution in [2.24, 2.45) is 5.92 Å². The van der Waals surface area contributed by atoms with Crippen molar-refractivity contribution in [2.75, 3.05) is 18.3 Å². The molecule has 0 aliphatic rings. The summed E-state index contributed by atoms with van der Waals surface area (Å²) in [5.74, 6) is -0.811. The minimum absolute atomic E-state index is 0.183. The molecule has 1 rings (SSSR count). The minimum Gasteiger partial charge on any atom is -0.461 e. The second-order valence-electron chi connectivity index (χ2n) is 4.29. The van der Waals surface area contributed by atoms with Crippen molar-refractivity contribution < 1.29 is 18.6 Å². The van der Waals surface area contributed by atoms with Crippen molar-refractivity contribution in [3.05, 3.63) is 35.9 Å². The molecule has 0 aliphatic heterocycles. The molecule has 106 valence electrons. The van der Waals surface area contributed by atoms with Gasteiger partial charge in [-0.3, -0.25) is 9.36 Å². The number of halogens is 1. The van der Waals surface area contributed by atoms with Crippen LogP contribution in [0, 0.1) is 5.92 Å². The monoisotopic (exact) mass is 348 g/mol. The van der Waals surface area contributed by atoms with Gasteiger partial charge in [0.1, 0.15) is 6.61 Å². The van der Waals surface area contributed by atoms with Crippen molar-refractivity contribution in [2.45, 2.75) is 13.5 Å². The summed E-state index contributed by atoms with van der Waals surface area (Å²) in [7, 11) is -1.38. The first-order chi connectivity index (χ1) is 9.00. The molecule has 0 aliphatic carbocycles. The molecule has 19 heavy (non-hydrogen) atoms. The highest BCUT2D eigenvalue weighted by molar-refractivity contribution is 9.10. The van der Waals surface area contributed by atoms with Crippen LogP contribution in [0.5, 0.6) is 0 Å². The van der Waals surface area contributed by atoms with Gasteiger partial charge in [0.25, 0.3) is 0 Å². The number of carbonyl (C=O) groups is 1. The third-order valence-corrected chi connectivity index (χ3v) is 7.12. The Labute approximate surface area is 122 Å². The second-order valence-corrected chi connectivity index (χ2v) is 8.40. The fourth-order valence-electron chi connectivity index (χ4n) is 1.53. The maximum atomic E-state index is 12.1. The van der Waals surface area contributed by atoms with Gasteiger partial charge in [0.15, 0.2) is 0 Å². The molecule has 0 saturated heterocycles. The third kappa shape index (κ3) is 5.47. The fourth-order valence-corrected chi connectivity index (χ4v) is 4.09.